The Morgan fingerprint density at radius 2 is 1.91 bits per heavy atom. The first-order chi connectivity index (χ1) is 11.0. The van der Waals surface area contributed by atoms with Crippen LogP contribution in [0.25, 0.3) is 10.8 Å². The minimum absolute atomic E-state index is 0.0452. The molecule has 0 aliphatic heterocycles. The van der Waals surface area contributed by atoms with Gasteiger partial charge in [-0.25, -0.2) is 4.79 Å². The number of rotatable bonds is 7. The number of carbonyl (C=O) groups is 2. The Balaban J connectivity index is 2.26. The van der Waals surface area contributed by atoms with Gasteiger partial charge in [-0.3, -0.25) is 4.79 Å². The van der Waals surface area contributed by atoms with E-state index in [9.17, 15) is 9.59 Å². The minimum Gasteiger partial charge on any atom is -0.481 e. The van der Waals surface area contributed by atoms with Crippen LogP contribution in [-0.2, 0) is 9.59 Å². The van der Waals surface area contributed by atoms with Crippen LogP contribution in [-0.4, -0.2) is 35.1 Å². The molecule has 0 aromatic heterocycles. The topological polar surface area (TPSA) is 75.6 Å². The summed E-state index contributed by atoms with van der Waals surface area (Å²) >= 11 is 1.64. The molecule has 0 heterocycles. The lowest BCUT2D eigenvalue weighted by molar-refractivity contribution is -0.139. The van der Waals surface area contributed by atoms with Crippen molar-refractivity contribution >= 4 is 40.1 Å². The summed E-state index contributed by atoms with van der Waals surface area (Å²) in [6.45, 7) is 1.60. The fourth-order valence-electron chi connectivity index (χ4n) is 2.19. The van der Waals surface area contributed by atoms with Crippen LogP contribution in [0.3, 0.4) is 0 Å². The predicted molar refractivity (Wildman–Crippen MR) is 93.3 cm³/mol. The van der Waals surface area contributed by atoms with Crippen molar-refractivity contribution in [2.75, 3.05) is 18.2 Å². The number of benzene rings is 2. The fraction of sp³-hybridized carbons (Fsp3) is 0.294. The Morgan fingerprint density at radius 1 is 1.22 bits per heavy atom. The molecule has 6 heteroatoms. The number of amides is 1. The van der Waals surface area contributed by atoms with Gasteiger partial charge in [0.05, 0.1) is 0 Å². The van der Waals surface area contributed by atoms with E-state index in [1.807, 2.05) is 37.4 Å². The summed E-state index contributed by atoms with van der Waals surface area (Å²) in [6, 6.07) is 10.8. The third kappa shape index (κ3) is 4.63. The number of hydrogen-bond donors (Lipinski definition) is 2. The highest BCUT2D eigenvalue weighted by Gasteiger charge is 2.12. The fourth-order valence-corrected chi connectivity index (χ4v) is 2.51. The first-order valence-electron chi connectivity index (χ1n) is 7.20. The molecule has 0 radical (unpaired) electrons. The molecular formula is C17H19NO4S. The molecule has 0 spiro atoms. The number of ether oxygens (including phenoxy) is 1. The number of anilines is 1. The van der Waals surface area contributed by atoms with Crippen molar-refractivity contribution in [3.63, 3.8) is 0 Å². The molecule has 0 aliphatic carbocycles. The summed E-state index contributed by atoms with van der Waals surface area (Å²) in [6.07, 6.45) is 2.41. The lowest BCUT2D eigenvalue weighted by Crippen LogP contribution is -2.16. The van der Waals surface area contributed by atoms with Crippen molar-refractivity contribution in [1.29, 1.82) is 0 Å². The van der Waals surface area contributed by atoms with Crippen LogP contribution in [0.4, 0.5) is 5.69 Å². The first kappa shape index (κ1) is 17.1. The zero-order valence-electron chi connectivity index (χ0n) is 13.0. The first-order valence-corrected chi connectivity index (χ1v) is 8.49. The Hall–Kier alpha value is -2.21. The van der Waals surface area contributed by atoms with Gasteiger partial charge in [-0.2, -0.15) is 11.8 Å². The zero-order chi connectivity index (χ0) is 16.8. The second-order valence-corrected chi connectivity index (χ2v) is 6.41. The van der Waals surface area contributed by atoms with E-state index in [-0.39, 0.29) is 11.2 Å². The van der Waals surface area contributed by atoms with Crippen LogP contribution in [0, 0.1) is 0 Å². The quantitative estimate of drug-likeness (QED) is 0.812. The number of aliphatic carboxylic acids is 1. The van der Waals surface area contributed by atoms with Crippen molar-refractivity contribution in [3.05, 3.63) is 36.4 Å². The van der Waals surface area contributed by atoms with Crippen molar-refractivity contribution < 1.29 is 19.4 Å². The number of carbonyl (C=O) groups excluding carboxylic acids is 1. The average molecular weight is 333 g/mol. The molecule has 2 N–H and O–H groups in total. The number of hydrogen-bond acceptors (Lipinski definition) is 4. The van der Waals surface area contributed by atoms with Crippen LogP contribution in [0.15, 0.2) is 36.4 Å². The lowest BCUT2D eigenvalue weighted by atomic mass is 10.1. The summed E-state index contributed by atoms with van der Waals surface area (Å²) in [4.78, 5) is 22.8. The largest absolute Gasteiger partial charge is 0.481 e. The van der Waals surface area contributed by atoms with Gasteiger partial charge in [-0.15, -0.1) is 0 Å². The molecule has 1 unspecified atom stereocenters. The normalized spacial score (nSPS) is 11.9. The van der Waals surface area contributed by atoms with Crippen LogP contribution < -0.4 is 10.1 Å². The monoisotopic (exact) mass is 333 g/mol. The van der Waals surface area contributed by atoms with Gasteiger partial charge in [-0.1, -0.05) is 31.2 Å². The third-order valence-corrected chi connectivity index (χ3v) is 4.36. The van der Waals surface area contributed by atoms with E-state index in [4.69, 9.17) is 9.84 Å². The van der Waals surface area contributed by atoms with Crippen LogP contribution in [0.5, 0.6) is 5.75 Å². The molecule has 0 saturated heterocycles. The smallest absolute Gasteiger partial charge is 0.341 e. The van der Waals surface area contributed by atoms with Gasteiger partial charge >= 0.3 is 5.97 Å². The third-order valence-electron chi connectivity index (χ3n) is 3.38. The van der Waals surface area contributed by atoms with Gasteiger partial charge < -0.3 is 15.2 Å². The van der Waals surface area contributed by atoms with Crippen LogP contribution >= 0.6 is 11.8 Å². The molecule has 2 aromatic carbocycles. The Bertz CT molecular complexity index is 717. The summed E-state index contributed by atoms with van der Waals surface area (Å²) in [7, 11) is 0. The van der Waals surface area contributed by atoms with E-state index in [1.54, 1.807) is 23.9 Å². The van der Waals surface area contributed by atoms with E-state index < -0.39 is 12.6 Å². The number of carboxylic acids is 1. The van der Waals surface area contributed by atoms with Crippen LogP contribution in [0.2, 0.25) is 0 Å². The molecule has 0 bridgehead atoms. The van der Waals surface area contributed by atoms with Crippen molar-refractivity contribution in [2.45, 2.75) is 18.6 Å². The van der Waals surface area contributed by atoms with E-state index in [1.165, 1.54) is 0 Å². The van der Waals surface area contributed by atoms with Gasteiger partial charge in [0, 0.05) is 28.1 Å². The maximum Gasteiger partial charge on any atom is 0.341 e. The van der Waals surface area contributed by atoms with Gasteiger partial charge in [0.2, 0.25) is 5.91 Å². The highest BCUT2D eigenvalue weighted by Crippen LogP contribution is 2.31. The number of fused-ring (bicyclic) bond motifs is 1. The molecule has 0 fully saturated rings. The van der Waals surface area contributed by atoms with E-state index >= 15 is 0 Å². The molecule has 2 aromatic rings. The molecule has 1 atom stereocenters. The molecular weight excluding hydrogens is 314 g/mol. The molecule has 2 rings (SSSR count). The Kier molecular flexibility index (Phi) is 5.87. The van der Waals surface area contributed by atoms with Gasteiger partial charge in [0.1, 0.15) is 5.75 Å². The molecule has 1 amide bonds. The molecule has 23 heavy (non-hydrogen) atoms. The molecule has 122 valence electrons. The summed E-state index contributed by atoms with van der Waals surface area (Å²) in [5.74, 6) is -0.591. The number of carboxylic acid groups (broad SMARTS) is 1. The maximum absolute atomic E-state index is 12.1. The average Bonchev–Trinajstić information content (AvgIpc) is 2.53. The van der Waals surface area contributed by atoms with Crippen molar-refractivity contribution in [3.8, 4) is 5.75 Å². The van der Waals surface area contributed by atoms with Crippen molar-refractivity contribution in [2.24, 2.45) is 0 Å². The van der Waals surface area contributed by atoms with Gasteiger partial charge in [0.15, 0.2) is 6.61 Å². The van der Waals surface area contributed by atoms with Gasteiger partial charge in [0.25, 0.3) is 0 Å². The maximum atomic E-state index is 12.1. The number of nitrogens with one attached hydrogen (secondary N) is 1. The summed E-state index contributed by atoms with van der Waals surface area (Å²) in [5, 5.41) is 13.5. The second-order valence-electron chi connectivity index (χ2n) is 5.14. The predicted octanol–water partition coefficient (Wildman–Crippen LogP) is 3.38. The molecule has 0 saturated carbocycles. The Labute approximate surface area is 139 Å². The standard InChI is InChI=1S/C17H19NO4S/c1-11(23-2)9-16(19)18-14-7-8-15(22-10-17(20)21)13-6-4-3-5-12(13)14/h3-8,11H,9-10H2,1-2H3,(H,18,19)(H,20,21). The second kappa shape index (κ2) is 7.87. The van der Waals surface area contributed by atoms with E-state index in [0.717, 1.165) is 10.8 Å². The Morgan fingerprint density at radius 3 is 2.57 bits per heavy atom. The lowest BCUT2D eigenvalue weighted by Gasteiger charge is -2.13. The minimum atomic E-state index is -1.03. The summed E-state index contributed by atoms with van der Waals surface area (Å²) in [5.41, 5.74) is 0.696. The SMILES string of the molecule is CSC(C)CC(=O)Nc1ccc(OCC(=O)O)c2ccccc12. The highest BCUT2D eigenvalue weighted by molar-refractivity contribution is 7.99. The molecule has 5 nitrogen and oxygen atoms in total. The van der Waals surface area contributed by atoms with Gasteiger partial charge in [-0.05, 0) is 18.4 Å². The van der Waals surface area contributed by atoms with E-state index in [2.05, 4.69) is 5.32 Å². The van der Waals surface area contributed by atoms with Crippen LogP contribution in [0.1, 0.15) is 13.3 Å². The number of thioether (sulfide) groups is 1. The zero-order valence-corrected chi connectivity index (χ0v) is 13.9. The highest BCUT2D eigenvalue weighted by atomic mass is 32.2. The van der Waals surface area contributed by atoms with Crippen molar-refractivity contribution in [1.82, 2.24) is 0 Å². The van der Waals surface area contributed by atoms with E-state index in [0.29, 0.717) is 17.9 Å². The molecule has 0 aliphatic rings. The summed E-state index contributed by atoms with van der Waals surface area (Å²) < 4.78 is 5.31.